The fourth-order valence-electron chi connectivity index (χ4n) is 2.58. The van der Waals surface area contributed by atoms with E-state index in [4.69, 9.17) is 0 Å². The lowest BCUT2D eigenvalue weighted by Gasteiger charge is -2.13. The molecular formula is C20H20FN5O2S. The van der Waals surface area contributed by atoms with Gasteiger partial charge in [-0.3, -0.25) is 14.7 Å². The normalized spacial score (nSPS) is 11.7. The van der Waals surface area contributed by atoms with Crippen LogP contribution in [-0.2, 0) is 11.3 Å². The maximum atomic E-state index is 13.3. The minimum atomic E-state index is -0.577. The van der Waals surface area contributed by atoms with Crippen molar-refractivity contribution in [3.8, 4) is 11.4 Å². The first-order chi connectivity index (χ1) is 14.0. The van der Waals surface area contributed by atoms with Crippen molar-refractivity contribution in [2.75, 3.05) is 7.05 Å². The number of thioether (sulfide) groups is 1. The Kier molecular flexibility index (Phi) is 6.61. The Morgan fingerprint density at radius 3 is 2.45 bits per heavy atom. The van der Waals surface area contributed by atoms with E-state index in [-0.39, 0.29) is 5.82 Å². The number of aromatic nitrogens is 3. The largest absolute Gasteiger partial charge is 0.341 e. The lowest BCUT2D eigenvalue weighted by Crippen LogP contribution is -2.41. The van der Waals surface area contributed by atoms with Gasteiger partial charge in [0.15, 0.2) is 11.0 Å². The Hall–Kier alpha value is -3.20. The van der Waals surface area contributed by atoms with Crippen LogP contribution in [0, 0.1) is 5.82 Å². The van der Waals surface area contributed by atoms with Gasteiger partial charge in [0.05, 0.1) is 11.8 Å². The van der Waals surface area contributed by atoms with Crippen molar-refractivity contribution in [1.29, 1.82) is 0 Å². The first kappa shape index (κ1) is 20.5. The molecule has 3 amide bonds. The summed E-state index contributed by atoms with van der Waals surface area (Å²) in [5, 5.41) is 13.0. The molecule has 0 aliphatic rings. The van der Waals surface area contributed by atoms with Crippen molar-refractivity contribution >= 4 is 23.7 Å². The quantitative estimate of drug-likeness (QED) is 0.607. The number of imide groups is 1. The van der Waals surface area contributed by atoms with Crippen LogP contribution in [0.1, 0.15) is 12.5 Å². The molecule has 0 unspecified atom stereocenters. The minimum absolute atomic E-state index is 0.336. The second-order valence-corrected chi connectivity index (χ2v) is 7.52. The first-order valence-corrected chi connectivity index (χ1v) is 9.78. The number of rotatable bonds is 6. The molecule has 9 heteroatoms. The van der Waals surface area contributed by atoms with Crippen LogP contribution in [0.5, 0.6) is 0 Å². The van der Waals surface area contributed by atoms with Gasteiger partial charge in [-0.2, -0.15) is 0 Å². The maximum absolute atomic E-state index is 13.3. The van der Waals surface area contributed by atoms with Gasteiger partial charge in [0, 0.05) is 12.6 Å². The molecular weight excluding hydrogens is 393 g/mol. The molecule has 0 saturated heterocycles. The summed E-state index contributed by atoms with van der Waals surface area (Å²) in [6.45, 7) is 2.16. The summed E-state index contributed by atoms with van der Waals surface area (Å²) >= 11 is 1.19. The van der Waals surface area contributed by atoms with Crippen LogP contribution in [0.2, 0.25) is 0 Å². The second kappa shape index (κ2) is 9.33. The molecule has 0 aliphatic carbocycles. The number of amides is 3. The van der Waals surface area contributed by atoms with Gasteiger partial charge in [0.1, 0.15) is 5.82 Å². The van der Waals surface area contributed by atoms with E-state index in [1.54, 1.807) is 19.1 Å². The van der Waals surface area contributed by atoms with E-state index in [9.17, 15) is 14.0 Å². The lowest BCUT2D eigenvalue weighted by atomic mass is 10.2. The summed E-state index contributed by atoms with van der Waals surface area (Å²) in [4.78, 5) is 23.6. The molecule has 1 atom stereocenters. The van der Waals surface area contributed by atoms with Crippen LogP contribution in [0.25, 0.3) is 11.4 Å². The van der Waals surface area contributed by atoms with E-state index in [1.165, 1.54) is 30.9 Å². The van der Waals surface area contributed by atoms with Crippen molar-refractivity contribution in [3.05, 3.63) is 66.0 Å². The third-order valence-electron chi connectivity index (χ3n) is 4.12. The highest BCUT2D eigenvalue weighted by atomic mass is 32.2. The van der Waals surface area contributed by atoms with Crippen molar-refractivity contribution in [2.24, 2.45) is 0 Å². The molecule has 2 N–H and O–H groups in total. The van der Waals surface area contributed by atoms with Gasteiger partial charge in [-0.05, 0) is 36.8 Å². The van der Waals surface area contributed by atoms with Crippen molar-refractivity contribution in [2.45, 2.75) is 23.9 Å². The molecule has 1 aromatic heterocycles. The molecule has 1 heterocycles. The lowest BCUT2D eigenvalue weighted by molar-refractivity contribution is -0.119. The molecule has 0 spiro atoms. The first-order valence-electron chi connectivity index (χ1n) is 8.90. The SMILES string of the molecule is CNC(=O)NC(=O)[C@H](C)Sc1nnc(-c2ccc(F)cc2)n1Cc1ccccc1. The zero-order valence-corrected chi connectivity index (χ0v) is 16.7. The average Bonchev–Trinajstić information content (AvgIpc) is 3.11. The molecule has 29 heavy (non-hydrogen) atoms. The standard InChI is InChI=1S/C20H20FN5O2S/c1-13(18(27)23-19(28)22-2)29-20-25-24-17(15-8-10-16(21)11-9-15)26(20)12-14-6-4-3-5-7-14/h3-11,13H,12H2,1-2H3,(H2,22,23,27,28)/t13-/m0/s1. The molecule has 0 fully saturated rings. The monoisotopic (exact) mass is 413 g/mol. The van der Waals surface area contributed by atoms with Gasteiger partial charge in [-0.1, -0.05) is 42.1 Å². The summed E-state index contributed by atoms with van der Waals surface area (Å²) in [5.74, 6) is -0.209. The Morgan fingerprint density at radius 2 is 1.79 bits per heavy atom. The fraction of sp³-hybridized carbons (Fsp3) is 0.200. The number of halogens is 1. The third-order valence-corrected chi connectivity index (χ3v) is 5.20. The van der Waals surface area contributed by atoms with Gasteiger partial charge in [-0.25, -0.2) is 9.18 Å². The fourth-order valence-corrected chi connectivity index (χ4v) is 3.43. The summed E-state index contributed by atoms with van der Waals surface area (Å²) in [6.07, 6.45) is 0. The van der Waals surface area contributed by atoms with Gasteiger partial charge in [0.25, 0.3) is 0 Å². The van der Waals surface area contributed by atoms with E-state index in [2.05, 4.69) is 20.8 Å². The zero-order chi connectivity index (χ0) is 20.8. The van der Waals surface area contributed by atoms with Crippen LogP contribution in [0.4, 0.5) is 9.18 Å². The smallest absolute Gasteiger partial charge is 0.321 e. The van der Waals surface area contributed by atoms with Gasteiger partial charge in [0.2, 0.25) is 5.91 Å². The number of hydrogen-bond donors (Lipinski definition) is 2. The number of nitrogens with zero attached hydrogens (tertiary/aromatic N) is 3. The highest BCUT2D eigenvalue weighted by molar-refractivity contribution is 8.00. The number of carbonyl (C=O) groups is 2. The summed E-state index contributed by atoms with van der Waals surface area (Å²) in [5.41, 5.74) is 1.74. The maximum Gasteiger partial charge on any atom is 0.321 e. The van der Waals surface area contributed by atoms with Crippen LogP contribution in [-0.4, -0.2) is 39.0 Å². The van der Waals surface area contributed by atoms with E-state index in [1.807, 2.05) is 34.9 Å². The van der Waals surface area contributed by atoms with E-state index < -0.39 is 17.2 Å². The summed E-state index contributed by atoms with van der Waals surface area (Å²) in [7, 11) is 1.44. The molecule has 150 valence electrons. The number of hydrogen-bond acceptors (Lipinski definition) is 5. The number of nitrogens with one attached hydrogen (secondary N) is 2. The molecule has 3 aromatic rings. The Bertz CT molecular complexity index is 992. The van der Waals surface area contributed by atoms with Crippen LogP contribution < -0.4 is 10.6 Å². The predicted octanol–water partition coefficient (Wildman–Crippen LogP) is 3.07. The van der Waals surface area contributed by atoms with Crippen molar-refractivity contribution in [3.63, 3.8) is 0 Å². The average molecular weight is 413 g/mol. The minimum Gasteiger partial charge on any atom is -0.341 e. The van der Waals surface area contributed by atoms with Gasteiger partial charge in [-0.15, -0.1) is 10.2 Å². The van der Waals surface area contributed by atoms with E-state index >= 15 is 0 Å². The molecule has 7 nitrogen and oxygen atoms in total. The zero-order valence-electron chi connectivity index (χ0n) is 15.9. The predicted molar refractivity (Wildman–Crippen MR) is 109 cm³/mol. The van der Waals surface area contributed by atoms with E-state index in [0.29, 0.717) is 23.1 Å². The number of urea groups is 1. The van der Waals surface area contributed by atoms with Crippen LogP contribution >= 0.6 is 11.8 Å². The number of carbonyl (C=O) groups excluding carboxylic acids is 2. The molecule has 2 aromatic carbocycles. The Labute approximate surface area is 171 Å². The molecule has 0 bridgehead atoms. The van der Waals surface area contributed by atoms with Crippen molar-refractivity contribution < 1.29 is 14.0 Å². The Morgan fingerprint density at radius 1 is 1.10 bits per heavy atom. The summed E-state index contributed by atoms with van der Waals surface area (Å²) in [6, 6.07) is 15.2. The highest BCUT2D eigenvalue weighted by Crippen LogP contribution is 2.28. The molecule has 0 radical (unpaired) electrons. The van der Waals surface area contributed by atoms with E-state index in [0.717, 1.165) is 5.56 Å². The van der Waals surface area contributed by atoms with Gasteiger partial charge >= 0.3 is 6.03 Å². The molecule has 0 aliphatic heterocycles. The Balaban J connectivity index is 1.91. The summed E-state index contributed by atoms with van der Waals surface area (Å²) < 4.78 is 15.2. The third kappa shape index (κ3) is 5.20. The number of benzene rings is 2. The van der Waals surface area contributed by atoms with Crippen LogP contribution in [0.15, 0.2) is 59.8 Å². The van der Waals surface area contributed by atoms with Crippen molar-refractivity contribution in [1.82, 2.24) is 25.4 Å². The second-order valence-electron chi connectivity index (χ2n) is 6.21. The molecule has 3 rings (SSSR count). The molecule has 0 saturated carbocycles. The topological polar surface area (TPSA) is 88.9 Å². The van der Waals surface area contributed by atoms with Gasteiger partial charge < -0.3 is 5.32 Å². The van der Waals surface area contributed by atoms with Crippen LogP contribution in [0.3, 0.4) is 0 Å². The highest BCUT2D eigenvalue weighted by Gasteiger charge is 2.22.